The number of fused-ring (bicyclic) bond motifs is 1. The van der Waals surface area contributed by atoms with Crippen molar-refractivity contribution in [2.24, 2.45) is 5.92 Å². The molecule has 1 saturated carbocycles. The summed E-state index contributed by atoms with van der Waals surface area (Å²) in [4.78, 5) is 28.7. The molecule has 1 atom stereocenters. The molecule has 1 fully saturated rings. The molecule has 1 aromatic heterocycles. The average molecular weight is 408 g/mol. The minimum atomic E-state index is -0.307. The molecule has 5 nitrogen and oxygen atoms in total. The van der Waals surface area contributed by atoms with Crippen LogP contribution in [-0.2, 0) is 17.6 Å². The fourth-order valence-corrected chi connectivity index (χ4v) is 4.65. The van der Waals surface area contributed by atoms with Gasteiger partial charge in [-0.15, -0.1) is 0 Å². The summed E-state index contributed by atoms with van der Waals surface area (Å²) in [7, 11) is 1.40. The van der Waals surface area contributed by atoms with Crippen molar-refractivity contribution in [2.45, 2.75) is 63.9 Å². The van der Waals surface area contributed by atoms with Gasteiger partial charge < -0.3 is 9.47 Å². The highest BCUT2D eigenvalue weighted by Gasteiger charge is 2.23. The molecule has 5 heteroatoms. The van der Waals surface area contributed by atoms with Gasteiger partial charge in [0.15, 0.2) is 5.78 Å². The first-order valence-electron chi connectivity index (χ1n) is 11.0. The Kier molecular flexibility index (Phi) is 6.46. The third-order valence-corrected chi connectivity index (χ3v) is 6.33. The quantitative estimate of drug-likeness (QED) is 0.500. The van der Waals surface area contributed by atoms with Gasteiger partial charge in [-0.1, -0.05) is 38.2 Å². The number of carbonyl (C=O) groups is 2. The maximum atomic E-state index is 12.7. The number of methoxy groups -OCH3 is 1. The molecule has 0 N–H and O–H groups in total. The molecule has 0 amide bonds. The summed E-state index contributed by atoms with van der Waals surface area (Å²) in [6.45, 7) is 0. The van der Waals surface area contributed by atoms with Crippen molar-refractivity contribution >= 4 is 11.8 Å². The van der Waals surface area contributed by atoms with Crippen LogP contribution in [0.5, 0.6) is 5.75 Å². The lowest BCUT2D eigenvalue weighted by Gasteiger charge is -2.26. The molecule has 2 aliphatic rings. The van der Waals surface area contributed by atoms with E-state index in [9.17, 15) is 9.59 Å². The highest BCUT2D eigenvalue weighted by Crippen LogP contribution is 2.29. The molecule has 2 aliphatic carbocycles. The second-order valence-corrected chi connectivity index (χ2v) is 8.47. The van der Waals surface area contributed by atoms with E-state index in [-0.39, 0.29) is 17.9 Å². The van der Waals surface area contributed by atoms with Crippen molar-refractivity contribution in [2.75, 3.05) is 7.11 Å². The van der Waals surface area contributed by atoms with Crippen LogP contribution in [0.15, 0.2) is 36.5 Å². The second-order valence-electron chi connectivity index (χ2n) is 8.47. The average Bonchev–Trinajstić information content (AvgIpc) is 2.79. The molecule has 1 unspecified atom stereocenters. The Morgan fingerprint density at radius 3 is 2.67 bits per heavy atom. The van der Waals surface area contributed by atoms with E-state index in [1.54, 1.807) is 12.3 Å². The van der Waals surface area contributed by atoms with Crippen LogP contribution in [0.25, 0.3) is 0 Å². The third kappa shape index (κ3) is 4.89. The van der Waals surface area contributed by atoms with Crippen LogP contribution in [0.3, 0.4) is 0 Å². The normalized spacial score (nSPS) is 19.0. The largest absolute Gasteiger partial charge is 0.490 e. The number of pyridine rings is 1. The second kappa shape index (κ2) is 9.41. The van der Waals surface area contributed by atoms with E-state index in [4.69, 9.17) is 9.47 Å². The van der Waals surface area contributed by atoms with Crippen LogP contribution in [0.1, 0.15) is 76.9 Å². The molecule has 1 aromatic carbocycles. The zero-order chi connectivity index (χ0) is 20.9. The molecule has 0 aliphatic heterocycles. The number of carbonyl (C=O) groups excluding carboxylic acids is 2. The number of ketones is 1. The lowest BCUT2D eigenvalue weighted by molar-refractivity contribution is 0.0600. The number of aromatic nitrogens is 1. The number of hydrogen-bond donors (Lipinski definition) is 0. The molecular formula is C25H29NO4. The molecule has 0 bridgehead atoms. The molecule has 0 radical (unpaired) electrons. The van der Waals surface area contributed by atoms with Crippen molar-refractivity contribution in [3.05, 3.63) is 58.9 Å². The Morgan fingerprint density at radius 2 is 1.87 bits per heavy atom. The van der Waals surface area contributed by atoms with Gasteiger partial charge in [0.05, 0.1) is 12.7 Å². The van der Waals surface area contributed by atoms with Crippen molar-refractivity contribution in [3.8, 4) is 5.75 Å². The monoisotopic (exact) mass is 407 g/mol. The Labute approximate surface area is 177 Å². The van der Waals surface area contributed by atoms with E-state index < -0.39 is 0 Å². The Hall–Kier alpha value is -2.69. The topological polar surface area (TPSA) is 65.5 Å². The number of Topliss-reactive ketones (excluding diaryl/α,β-unsaturated/α-hetero) is 1. The molecule has 158 valence electrons. The van der Waals surface area contributed by atoms with E-state index in [0.717, 1.165) is 32.1 Å². The fraction of sp³-hybridized carbons (Fsp3) is 0.480. The van der Waals surface area contributed by atoms with Crippen LogP contribution in [-0.4, -0.2) is 30.0 Å². The smallest absolute Gasteiger partial charge is 0.337 e. The predicted octanol–water partition coefficient (Wildman–Crippen LogP) is 4.96. The van der Waals surface area contributed by atoms with Gasteiger partial charge in [0.1, 0.15) is 17.5 Å². The van der Waals surface area contributed by atoms with Gasteiger partial charge >= 0.3 is 5.97 Å². The van der Waals surface area contributed by atoms with E-state index >= 15 is 0 Å². The Balaban J connectivity index is 1.38. The number of hydrogen-bond acceptors (Lipinski definition) is 5. The molecule has 1 heterocycles. The molecule has 0 spiro atoms. The standard InChI is InChI=1S/C25H29NO4/c1-29-25(28)20-8-7-19-15-21(10-9-18(19)14-20)30-22-11-12-26-23(16-22)24(27)13-17-5-3-2-4-6-17/h7-8,11-12,14,16-17,21H,2-6,9-10,13,15H2,1H3. The predicted molar refractivity (Wildman–Crippen MR) is 114 cm³/mol. The highest BCUT2D eigenvalue weighted by atomic mass is 16.5. The van der Waals surface area contributed by atoms with E-state index in [0.29, 0.717) is 29.3 Å². The summed E-state index contributed by atoms with van der Waals surface area (Å²) in [6.07, 6.45) is 10.9. The molecule has 30 heavy (non-hydrogen) atoms. The first kappa shape index (κ1) is 20.6. The van der Waals surface area contributed by atoms with Gasteiger partial charge in [0.25, 0.3) is 0 Å². The zero-order valence-electron chi connectivity index (χ0n) is 17.6. The van der Waals surface area contributed by atoms with E-state index in [1.807, 2.05) is 24.3 Å². The minimum Gasteiger partial charge on any atom is -0.490 e. The van der Waals surface area contributed by atoms with Crippen molar-refractivity contribution in [1.82, 2.24) is 4.98 Å². The summed E-state index contributed by atoms with van der Waals surface area (Å²) in [5, 5.41) is 0. The lowest BCUT2D eigenvalue weighted by atomic mass is 9.85. The maximum Gasteiger partial charge on any atom is 0.337 e. The Morgan fingerprint density at radius 1 is 1.03 bits per heavy atom. The zero-order valence-corrected chi connectivity index (χ0v) is 17.6. The van der Waals surface area contributed by atoms with Gasteiger partial charge in [-0.2, -0.15) is 0 Å². The Bertz CT molecular complexity index is 917. The summed E-state index contributed by atoms with van der Waals surface area (Å²) >= 11 is 0. The van der Waals surface area contributed by atoms with Crippen molar-refractivity contribution in [1.29, 1.82) is 0 Å². The van der Waals surface area contributed by atoms with Crippen molar-refractivity contribution in [3.63, 3.8) is 0 Å². The lowest BCUT2D eigenvalue weighted by Crippen LogP contribution is -2.25. The molecule has 4 rings (SSSR count). The summed E-state index contributed by atoms with van der Waals surface area (Å²) in [5.74, 6) is 1.02. The number of esters is 1. The summed E-state index contributed by atoms with van der Waals surface area (Å²) in [6, 6.07) is 9.34. The van der Waals surface area contributed by atoms with Crippen LogP contribution in [0.4, 0.5) is 0 Å². The first-order valence-corrected chi connectivity index (χ1v) is 11.0. The number of nitrogens with zero attached hydrogens (tertiary/aromatic N) is 1. The number of benzene rings is 1. The SMILES string of the molecule is COC(=O)c1ccc2c(c1)CCC(Oc1ccnc(C(=O)CC3CCCCC3)c1)C2. The van der Waals surface area contributed by atoms with Gasteiger partial charge in [-0.05, 0) is 48.1 Å². The van der Waals surface area contributed by atoms with Gasteiger partial charge in [-0.25, -0.2) is 4.79 Å². The van der Waals surface area contributed by atoms with Crippen LogP contribution < -0.4 is 4.74 Å². The fourth-order valence-electron chi connectivity index (χ4n) is 4.65. The molecule has 0 saturated heterocycles. The molecule has 2 aromatic rings. The first-order chi connectivity index (χ1) is 14.6. The van der Waals surface area contributed by atoms with E-state index in [1.165, 1.54) is 37.5 Å². The molecular weight excluding hydrogens is 378 g/mol. The number of aryl methyl sites for hydroxylation is 1. The van der Waals surface area contributed by atoms with Crippen LogP contribution >= 0.6 is 0 Å². The number of ether oxygens (including phenoxy) is 2. The highest BCUT2D eigenvalue weighted by molar-refractivity contribution is 5.94. The van der Waals surface area contributed by atoms with Crippen LogP contribution in [0, 0.1) is 5.92 Å². The van der Waals surface area contributed by atoms with Gasteiger partial charge in [0.2, 0.25) is 0 Å². The van der Waals surface area contributed by atoms with E-state index in [2.05, 4.69) is 4.98 Å². The summed E-state index contributed by atoms with van der Waals surface area (Å²) in [5.41, 5.74) is 3.47. The van der Waals surface area contributed by atoms with Crippen LogP contribution in [0.2, 0.25) is 0 Å². The maximum absolute atomic E-state index is 12.7. The summed E-state index contributed by atoms with van der Waals surface area (Å²) < 4.78 is 11.0. The number of rotatable bonds is 6. The third-order valence-electron chi connectivity index (χ3n) is 6.33. The van der Waals surface area contributed by atoms with Gasteiger partial charge in [0, 0.05) is 25.1 Å². The van der Waals surface area contributed by atoms with Gasteiger partial charge in [-0.3, -0.25) is 9.78 Å². The van der Waals surface area contributed by atoms with Crippen molar-refractivity contribution < 1.29 is 19.1 Å². The minimum absolute atomic E-state index is 0.0465.